The highest BCUT2D eigenvalue weighted by Crippen LogP contribution is 2.43. The van der Waals surface area contributed by atoms with Crippen LogP contribution in [0, 0.1) is 5.92 Å². The maximum Gasteiger partial charge on any atom is 0.161 e. The topological polar surface area (TPSA) is 43.4 Å². The molecule has 25 heavy (non-hydrogen) atoms. The first kappa shape index (κ1) is 16.9. The lowest BCUT2D eigenvalue weighted by atomic mass is 9.98. The lowest BCUT2D eigenvalue weighted by molar-refractivity contribution is 0.171. The van der Waals surface area contributed by atoms with E-state index >= 15 is 0 Å². The van der Waals surface area contributed by atoms with Crippen molar-refractivity contribution in [1.29, 1.82) is 0 Å². The van der Waals surface area contributed by atoms with Crippen LogP contribution in [0.4, 0.5) is 0 Å². The molecule has 4 nitrogen and oxygen atoms in total. The van der Waals surface area contributed by atoms with Gasteiger partial charge in [0.2, 0.25) is 0 Å². The van der Waals surface area contributed by atoms with E-state index in [1.165, 1.54) is 23.4 Å². The molecule has 134 valence electrons. The largest absolute Gasteiger partial charge is 0.486 e. The van der Waals surface area contributed by atoms with Gasteiger partial charge in [-0.3, -0.25) is 0 Å². The molecule has 1 aliphatic heterocycles. The number of ether oxygens (including phenoxy) is 2. The van der Waals surface area contributed by atoms with Gasteiger partial charge in [-0.2, -0.15) is 0 Å². The van der Waals surface area contributed by atoms with Crippen molar-refractivity contribution < 1.29 is 9.47 Å². The van der Waals surface area contributed by atoms with E-state index in [1.807, 2.05) is 6.07 Å². The lowest BCUT2D eigenvalue weighted by Crippen LogP contribution is -2.23. The Morgan fingerprint density at radius 2 is 1.96 bits per heavy atom. The highest BCUT2D eigenvalue weighted by atomic mass is 32.1. The van der Waals surface area contributed by atoms with Gasteiger partial charge in [-0.1, -0.05) is 26.8 Å². The first-order valence-electron chi connectivity index (χ1n) is 9.08. The van der Waals surface area contributed by atoms with Gasteiger partial charge in [0.25, 0.3) is 0 Å². The third-order valence-corrected chi connectivity index (χ3v) is 6.03. The molecule has 1 unspecified atom stereocenters. The summed E-state index contributed by atoms with van der Waals surface area (Å²) < 4.78 is 11.4. The second-order valence-corrected chi connectivity index (χ2v) is 8.85. The smallest absolute Gasteiger partial charge is 0.161 e. The molecule has 1 aliphatic carbocycles. The van der Waals surface area contributed by atoms with Crippen molar-refractivity contribution >= 4 is 11.3 Å². The molecule has 0 saturated heterocycles. The number of aromatic nitrogens is 1. The number of hydrogen-bond acceptors (Lipinski definition) is 5. The Labute approximate surface area is 153 Å². The van der Waals surface area contributed by atoms with Crippen LogP contribution in [0.3, 0.4) is 0 Å². The molecule has 2 aliphatic rings. The van der Waals surface area contributed by atoms with Crippen LogP contribution in [0.1, 0.15) is 55.9 Å². The zero-order chi connectivity index (χ0) is 17.4. The Balaban J connectivity index is 1.48. The molecule has 0 spiro atoms. The van der Waals surface area contributed by atoms with Gasteiger partial charge in [0.1, 0.15) is 13.2 Å². The highest BCUT2D eigenvalue weighted by Gasteiger charge is 2.33. The Morgan fingerprint density at radius 3 is 2.64 bits per heavy atom. The van der Waals surface area contributed by atoms with Crippen LogP contribution in [0.15, 0.2) is 23.6 Å². The summed E-state index contributed by atoms with van der Waals surface area (Å²) in [7, 11) is 0. The van der Waals surface area contributed by atoms with Crippen LogP contribution in [0.25, 0.3) is 0 Å². The van der Waals surface area contributed by atoms with Crippen LogP contribution in [0.5, 0.6) is 11.5 Å². The minimum Gasteiger partial charge on any atom is -0.486 e. The molecule has 0 radical (unpaired) electrons. The molecule has 2 heterocycles. The van der Waals surface area contributed by atoms with E-state index in [1.54, 1.807) is 11.3 Å². The van der Waals surface area contributed by atoms with Gasteiger partial charge in [0.05, 0.1) is 10.7 Å². The van der Waals surface area contributed by atoms with Crippen molar-refractivity contribution in [2.75, 3.05) is 13.2 Å². The van der Waals surface area contributed by atoms with E-state index < -0.39 is 0 Å². The number of nitrogens with one attached hydrogen (secondary N) is 1. The third-order valence-electron chi connectivity index (χ3n) is 4.72. The van der Waals surface area contributed by atoms with Crippen LogP contribution < -0.4 is 14.8 Å². The minimum atomic E-state index is 0.120. The average molecular weight is 359 g/mol. The van der Waals surface area contributed by atoms with Gasteiger partial charge < -0.3 is 14.8 Å². The zero-order valence-corrected chi connectivity index (χ0v) is 16.0. The molecule has 1 aromatic heterocycles. The summed E-state index contributed by atoms with van der Waals surface area (Å²) in [6, 6.07) is 6.72. The van der Waals surface area contributed by atoms with Gasteiger partial charge in [0, 0.05) is 23.4 Å². The predicted molar refractivity (Wildman–Crippen MR) is 101 cm³/mol. The summed E-state index contributed by atoms with van der Waals surface area (Å²) in [5, 5.41) is 7.12. The predicted octanol–water partition coefficient (Wildman–Crippen LogP) is 4.45. The first-order valence-corrected chi connectivity index (χ1v) is 9.96. The van der Waals surface area contributed by atoms with Gasteiger partial charge in [-0.05, 0) is 36.5 Å². The molecule has 1 fully saturated rings. The quantitative estimate of drug-likeness (QED) is 0.857. The van der Waals surface area contributed by atoms with Gasteiger partial charge >= 0.3 is 0 Å². The van der Waals surface area contributed by atoms with Gasteiger partial charge in [0.15, 0.2) is 11.5 Å². The average Bonchev–Trinajstić information content (AvgIpc) is 3.30. The fourth-order valence-corrected chi connectivity index (χ4v) is 4.09. The molecular weight excluding hydrogens is 332 g/mol. The van der Waals surface area contributed by atoms with E-state index in [-0.39, 0.29) is 5.41 Å². The Morgan fingerprint density at radius 1 is 1.20 bits per heavy atom. The molecule has 1 atom stereocenters. The van der Waals surface area contributed by atoms with E-state index in [9.17, 15) is 0 Å². The molecular formula is C20H26N2O2S. The monoisotopic (exact) mass is 358 g/mol. The molecule has 0 bridgehead atoms. The molecule has 1 N–H and O–H groups in total. The summed E-state index contributed by atoms with van der Waals surface area (Å²) in [6.07, 6.45) is 2.58. The van der Waals surface area contributed by atoms with Gasteiger partial charge in [-0.15, -0.1) is 11.3 Å². The maximum absolute atomic E-state index is 5.75. The van der Waals surface area contributed by atoms with Crippen molar-refractivity contribution in [3.05, 3.63) is 39.8 Å². The number of thiazole rings is 1. The second-order valence-electron chi connectivity index (χ2n) is 7.99. The molecule has 5 heteroatoms. The first-order chi connectivity index (χ1) is 12.0. The molecule has 2 aromatic rings. The highest BCUT2D eigenvalue weighted by molar-refractivity contribution is 7.09. The van der Waals surface area contributed by atoms with Crippen LogP contribution >= 0.6 is 11.3 Å². The fraction of sp³-hybridized carbons (Fsp3) is 0.550. The van der Waals surface area contributed by atoms with E-state index in [0.717, 1.165) is 23.7 Å². The molecule has 0 amide bonds. The standard InChI is InChI=1S/C20H26N2O2S/c1-20(2,3)19-22-15(12-25-19)11-21-18(13-4-5-13)14-6-7-16-17(10-14)24-9-8-23-16/h6-7,10,12-13,18,21H,4-5,8-9,11H2,1-3H3. The van der Waals surface area contributed by atoms with E-state index in [2.05, 4.69) is 43.6 Å². The van der Waals surface area contributed by atoms with E-state index in [4.69, 9.17) is 14.5 Å². The summed E-state index contributed by atoms with van der Waals surface area (Å²) in [4.78, 5) is 4.81. The zero-order valence-electron chi connectivity index (χ0n) is 15.2. The lowest BCUT2D eigenvalue weighted by Gasteiger charge is -2.23. The Kier molecular flexibility index (Phi) is 4.46. The van der Waals surface area contributed by atoms with Crippen LogP contribution in [-0.2, 0) is 12.0 Å². The van der Waals surface area contributed by atoms with E-state index in [0.29, 0.717) is 25.2 Å². The molecule has 1 saturated carbocycles. The summed E-state index contributed by atoms with van der Waals surface area (Å²) in [5.74, 6) is 2.45. The third kappa shape index (κ3) is 3.82. The molecule has 1 aromatic carbocycles. The number of rotatable bonds is 5. The van der Waals surface area contributed by atoms with Crippen molar-refractivity contribution in [3.63, 3.8) is 0 Å². The number of benzene rings is 1. The summed E-state index contributed by atoms with van der Waals surface area (Å²) in [5.41, 5.74) is 2.55. The van der Waals surface area contributed by atoms with Crippen molar-refractivity contribution in [3.8, 4) is 11.5 Å². The van der Waals surface area contributed by atoms with Crippen molar-refractivity contribution in [2.45, 2.75) is 51.6 Å². The minimum absolute atomic E-state index is 0.120. The Bertz CT molecular complexity index is 746. The number of nitrogens with zero attached hydrogens (tertiary/aromatic N) is 1. The normalized spacial score (nSPS) is 18.2. The molecule has 4 rings (SSSR count). The summed E-state index contributed by atoms with van der Waals surface area (Å²) >= 11 is 1.76. The Hall–Kier alpha value is -1.59. The van der Waals surface area contributed by atoms with Crippen LogP contribution in [-0.4, -0.2) is 18.2 Å². The van der Waals surface area contributed by atoms with Crippen molar-refractivity contribution in [1.82, 2.24) is 10.3 Å². The van der Waals surface area contributed by atoms with Crippen LogP contribution in [0.2, 0.25) is 0 Å². The summed E-state index contributed by atoms with van der Waals surface area (Å²) in [6.45, 7) is 8.72. The maximum atomic E-state index is 5.75. The number of fused-ring (bicyclic) bond motifs is 1. The van der Waals surface area contributed by atoms with Crippen molar-refractivity contribution in [2.24, 2.45) is 5.92 Å². The number of hydrogen-bond donors (Lipinski definition) is 1. The second kappa shape index (κ2) is 6.61. The fourth-order valence-electron chi connectivity index (χ4n) is 3.19. The SMILES string of the molecule is CC(C)(C)c1nc(CNC(c2ccc3c(c2)OCCO3)C2CC2)cs1. The van der Waals surface area contributed by atoms with Gasteiger partial charge in [-0.25, -0.2) is 4.98 Å².